The van der Waals surface area contributed by atoms with E-state index in [0.717, 1.165) is 22.4 Å². The second kappa shape index (κ2) is 6.55. The largest absolute Gasteiger partial charge is 0.324 e. The first kappa shape index (κ1) is 15.3. The Labute approximate surface area is 126 Å². The second-order valence-corrected chi connectivity index (χ2v) is 5.57. The van der Waals surface area contributed by atoms with Gasteiger partial charge < -0.3 is 11.1 Å². The van der Waals surface area contributed by atoms with E-state index in [0.29, 0.717) is 5.92 Å². The molecular formula is C18H22N2O. The van der Waals surface area contributed by atoms with Gasteiger partial charge in [-0.3, -0.25) is 4.79 Å². The molecule has 3 N–H and O–H groups in total. The molecule has 0 aliphatic heterocycles. The molecule has 0 aliphatic carbocycles. The number of hydrogen-bond acceptors (Lipinski definition) is 2. The lowest BCUT2D eigenvalue weighted by atomic mass is 9.97. The molecule has 0 radical (unpaired) electrons. The summed E-state index contributed by atoms with van der Waals surface area (Å²) in [6.07, 6.45) is 0. The predicted octanol–water partition coefficient (Wildman–Crippen LogP) is 3.76. The van der Waals surface area contributed by atoms with Crippen LogP contribution < -0.4 is 11.1 Å². The predicted molar refractivity (Wildman–Crippen MR) is 87.3 cm³/mol. The van der Waals surface area contributed by atoms with Crippen LogP contribution in [0.1, 0.15) is 42.5 Å². The number of benzene rings is 2. The van der Waals surface area contributed by atoms with Gasteiger partial charge in [0.1, 0.15) is 6.04 Å². The fraction of sp³-hybridized carbons (Fsp3) is 0.278. The Kier molecular flexibility index (Phi) is 4.76. The smallest absolute Gasteiger partial charge is 0.245 e. The Hall–Kier alpha value is -2.13. The van der Waals surface area contributed by atoms with Gasteiger partial charge in [0.15, 0.2) is 0 Å². The first-order valence-corrected chi connectivity index (χ1v) is 7.21. The van der Waals surface area contributed by atoms with Crippen molar-refractivity contribution in [1.82, 2.24) is 0 Å². The van der Waals surface area contributed by atoms with Crippen molar-refractivity contribution >= 4 is 11.6 Å². The fourth-order valence-corrected chi connectivity index (χ4v) is 2.36. The van der Waals surface area contributed by atoms with Gasteiger partial charge >= 0.3 is 0 Å². The maximum atomic E-state index is 12.4. The van der Waals surface area contributed by atoms with Crippen LogP contribution in [0, 0.1) is 6.92 Å². The summed E-state index contributed by atoms with van der Waals surface area (Å²) in [6, 6.07) is 14.8. The Bertz CT molecular complexity index is 620. The highest BCUT2D eigenvalue weighted by atomic mass is 16.2. The van der Waals surface area contributed by atoms with Crippen LogP contribution in [0.3, 0.4) is 0 Å². The van der Waals surface area contributed by atoms with Crippen LogP contribution >= 0.6 is 0 Å². The van der Waals surface area contributed by atoms with Gasteiger partial charge in [-0.1, -0.05) is 62.4 Å². The summed E-state index contributed by atoms with van der Waals surface area (Å²) in [5.41, 5.74) is 9.92. The number of nitrogens with two attached hydrogens (primary N) is 1. The van der Waals surface area contributed by atoms with E-state index in [2.05, 4.69) is 19.2 Å². The maximum absolute atomic E-state index is 12.4. The van der Waals surface area contributed by atoms with Crippen LogP contribution in [0.2, 0.25) is 0 Å². The van der Waals surface area contributed by atoms with E-state index in [-0.39, 0.29) is 5.91 Å². The zero-order valence-electron chi connectivity index (χ0n) is 12.8. The lowest BCUT2D eigenvalue weighted by Crippen LogP contribution is -2.28. The minimum absolute atomic E-state index is 0.183. The number of aryl methyl sites for hydroxylation is 1. The number of rotatable bonds is 4. The molecule has 2 rings (SSSR count). The number of hydrogen-bond donors (Lipinski definition) is 2. The molecule has 1 amide bonds. The van der Waals surface area contributed by atoms with Crippen molar-refractivity contribution in [1.29, 1.82) is 0 Å². The molecule has 110 valence electrons. The molecule has 21 heavy (non-hydrogen) atoms. The monoisotopic (exact) mass is 282 g/mol. The van der Waals surface area contributed by atoms with E-state index in [1.54, 1.807) is 0 Å². The number of amides is 1. The summed E-state index contributed by atoms with van der Waals surface area (Å²) in [5, 5.41) is 2.99. The molecule has 0 heterocycles. The zero-order valence-corrected chi connectivity index (χ0v) is 12.8. The van der Waals surface area contributed by atoms with Gasteiger partial charge in [-0.2, -0.15) is 0 Å². The Morgan fingerprint density at radius 3 is 2.33 bits per heavy atom. The van der Waals surface area contributed by atoms with E-state index < -0.39 is 6.04 Å². The van der Waals surface area contributed by atoms with Crippen LogP contribution in [0.15, 0.2) is 48.5 Å². The summed E-state index contributed by atoms with van der Waals surface area (Å²) in [6.45, 7) is 6.22. The SMILES string of the molecule is Cc1cccc(C(C)C)c1NC(=O)[C@@H](N)c1ccccc1. The van der Waals surface area contributed by atoms with E-state index in [9.17, 15) is 4.79 Å². The minimum Gasteiger partial charge on any atom is -0.324 e. The van der Waals surface area contributed by atoms with Gasteiger partial charge in [0.05, 0.1) is 0 Å². The zero-order chi connectivity index (χ0) is 15.4. The molecule has 0 aliphatic rings. The Morgan fingerprint density at radius 2 is 1.71 bits per heavy atom. The normalized spacial score (nSPS) is 12.2. The van der Waals surface area contributed by atoms with Gasteiger partial charge in [-0.15, -0.1) is 0 Å². The van der Waals surface area contributed by atoms with Gasteiger partial charge in [0, 0.05) is 5.69 Å². The molecule has 0 aromatic heterocycles. The molecule has 0 bridgehead atoms. The van der Waals surface area contributed by atoms with Crippen LogP contribution in [0.5, 0.6) is 0 Å². The van der Waals surface area contributed by atoms with Crippen molar-refractivity contribution < 1.29 is 4.79 Å². The molecular weight excluding hydrogens is 260 g/mol. The average molecular weight is 282 g/mol. The highest BCUT2D eigenvalue weighted by Gasteiger charge is 2.18. The summed E-state index contributed by atoms with van der Waals surface area (Å²) in [5.74, 6) is 0.158. The molecule has 0 spiro atoms. The summed E-state index contributed by atoms with van der Waals surface area (Å²) in [4.78, 5) is 12.4. The van der Waals surface area contributed by atoms with Gasteiger partial charge in [-0.25, -0.2) is 0 Å². The van der Waals surface area contributed by atoms with Crippen molar-refractivity contribution in [2.75, 3.05) is 5.32 Å². The highest BCUT2D eigenvalue weighted by Crippen LogP contribution is 2.28. The van der Waals surface area contributed by atoms with E-state index >= 15 is 0 Å². The molecule has 0 saturated heterocycles. The van der Waals surface area contributed by atoms with Gasteiger partial charge in [-0.05, 0) is 29.5 Å². The first-order valence-electron chi connectivity index (χ1n) is 7.21. The standard InChI is InChI=1S/C18H22N2O/c1-12(2)15-11-7-8-13(3)17(15)20-18(21)16(19)14-9-5-4-6-10-14/h4-12,16H,19H2,1-3H3,(H,20,21)/t16-/m0/s1. The van der Waals surface area contributed by atoms with Crippen molar-refractivity contribution in [2.24, 2.45) is 5.73 Å². The first-order chi connectivity index (χ1) is 10.0. The Morgan fingerprint density at radius 1 is 1.05 bits per heavy atom. The number of nitrogens with one attached hydrogen (secondary N) is 1. The molecule has 3 nitrogen and oxygen atoms in total. The number of carbonyl (C=O) groups excluding carboxylic acids is 1. The van der Waals surface area contributed by atoms with Crippen molar-refractivity contribution in [3.8, 4) is 0 Å². The fourth-order valence-electron chi connectivity index (χ4n) is 2.36. The molecule has 2 aromatic carbocycles. The van der Waals surface area contributed by atoms with E-state index in [1.807, 2.05) is 55.5 Å². The number of para-hydroxylation sites is 1. The molecule has 0 saturated carbocycles. The average Bonchev–Trinajstić information content (AvgIpc) is 2.49. The lowest BCUT2D eigenvalue weighted by Gasteiger charge is -2.19. The molecule has 2 aromatic rings. The molecule has 1 atom stereocenters. The molecule has 3 heteroatoms. The van der Waals surface area contributed by atoms with Gasteiger partial charge in [0.25, 0.3) is 0 Å². The topological polar surface area (TPSA) is 55.1 Å². The lowest BCUT2D eigenvalue weighted by molar-refractivity contribution is -0.117. The quantitative estimate of drug-likeness (QED) is 0.897. The van der Waals surface area contributed by atoms with Crippen LogP contribution in [-0.2, 0) is 4.79 Å². The van der Waals surface area contributed by atoms with Crippen molar-refractivity contribution in [3.63, 3.8) is 0 Å². The molecule has 0 unspecified atom stereocenters. The maximum Gasteiger partial charge on any atom is 0.245 e. The summed E-state index contributed by atoms with van der Waals surface area (Å²) in [7, 11) is 0. The minimum atomic E-state index is -0.661. The Balaban J connectivity index is 2.24. The number of anilines is 1. The third-order valence-electron chi connectivity index (χ3n) is 3.62. The highest BCUT2D eigenvalue weighted by molar-refractivity contribution is 5.96. The van der Waals surface area contributed by atoms with E-state index in [4.69, 9.17) is 5.73 Å². The summed E-state index contributed by atoms with van der Waals surface area (Å²) >= 11 is 0. The third kappa shape index (κ3) is 3.50. The second-order valence-electron chi connectivity index (χ2n) is 5.57. The van der Waals surface area contributed by atoms with Crippen LogP contribution in [-0.4, -0.2) is 5.91 Å². The van der Waals surface area contributed by atoms with E-state index in [1.165, 1.54) is 0 Å². The molecule has 0 fully saturated rings. The van der Waals surface area contributed by atoms with Crippen molar-refractivity contribution in [3.05, 3.63) is 65.2 Å². The number of carbonyl (C=O) groups is 1. The van der Waals surface area contributed by atoms with Crippen LogP contribution in [0.4, 0.5) is 5.69 Å². The van der Waals surface area contributed by atoms with Crippen molar-refractivity contribution in [2.45, 2.75) is 32.7 Å². The van der Waals surface area contributed by atoms with Crippen LogP contribution in [0.25, 0.3) is 0 Å². The third-order valence-corrected chi connectivity index (χ3v) is 3.62. The summed E-state index contributed by atoms with van der Waals surface area (Å²) < 4.78 is 0. The van der Waals surface area contributed by atoms with Gasteiger partial charge in [0.2, 0.25) is 5.91 Å².